The number of aromatic amines is 1. The van der Waals surface area contributed by atoms with Crippen LogP contribution in [-0.2, 0) is 6.42 Å². The van der Waals surface area contributed by atoms with Gasteiger partial charge in [-0.15, -0.1) is 0 Å². The first kappa shape index (κ1) is 20.0. The fraction of sp³-hybridized carbons (Fsp3) is 0.682. The molecule has 0 amide bonds. The molecule has 1 aromatic heterocycles. The summed E-state index contributed by atoms with van der Waals surface area (Å²) in [4.78, 5) is 8.13. The van der Waals surface area contributed by atoms with Gasteiger partial charge in [-0.25, -0.2) is 4.98 Å². The Kier molecular flexibility index (Phi) is 9.65. The van der Waals surface area contributed by atoms with Crippen molar-refractivity contribution in [2.75, 3.05) is 6.61 Å². The number of rotatable bonds is 14. The summed E-state index contributed by atoms with van der Waals surface area (Å²) in [5.74, 6) is 1.84. The first-order valence-corrected chi connectivity index (χ1v) is 10.3. The van der Waals surface area contributed by atoms with E-state index in [1.807, 2.05) is 6.07 Å². The first-order chi connectivity index (χ1) is 12.3. The average molecular weight is 345 g/mol. The Morgan fingerprint density at radius 2 is 1.48 bits per heavy atom. The Hall–Kier alpha value is -1.35. The van der Waals surface area contributed by atoms with Crippen LogP contribution in [-0.4, -0.2) is 21.7 Å². The molecular weight excluding hydrogens is 308 g/mol. The number of aliphatic hydroxyl groups excluding tert-OH is 1. The van der Waals surface area contributed by atoms with Crippen molar-refractivity contribution in [3.05, 3.63) is 30.1 Å². The minimum absolute atomic E-state index is 0.356. The van der Waals surface area contributed by atoms with Crippen LogP contribution in [0.4, 0.5) is 0 Å². The van der Waals surface area contributed by atoms with Gasteiger partial charge in [-0.1, -0.05) is 83.3 Å². The van der Waals surface area contributed by atoms with Crippen LogP contribution >= 0.6 is 0 Å². The molecule has 0 saturated heterocycles. The zero-order valence-electron chi connectivity index (χ0n) is 16.0. The Labute approximate surface area is 153 Å². The Morgan fingerprint density at radius 3 is 2.12 bits per heavy atom. The number of nitrogens with one attached hydrogen (secondary N) is 1. The third-order valence-corrected chi connectivity index (χ3v) is 5.09. The molecule has 1 heterocycles. The summed E-state index contributed by atoms with van der Waals surface area (Å²) >= 11 is 0. The number of hydrogen-bond donors (Lipinski definition) is 2. The van der Waals surface area contributed by atoms with E-state index >= 15 is 0 Å². The zero-order valence-corrected chi connectivity index (χ0v) is 16.0. The highest BCUT2D eigenvalue weighted by atomic mass is 16.2. The van der Waals surface area contributed by atoms with E-state index in [0.717, 1.165) is 29.7 Å². The maximum Gasteiger partial charge on any atom is 0.107 e. The van der Waals surface area contributed by atoms with E-state index in [2.05, 4.69) is 35.1 Å². The lowest BCUT2D eigenvalue weighted by atomic mass is 9.98. The number of aromatic nitrogens is 2. The number of benzene rings is 1. The minimum atomic E-state index is 0.356. The second-order valence-electron chi connectivity index (χ2n) is 7.56. The normalized spacial score (nSPS) is 12.7. The molecule has 0 aliphatic rings. The minimum Gasteiger partial charge on any atom is -0.396 e. The van der Waals surface area contributed by atoms with Crippen molar-refractivity contribution in [2.45, 2.75) is 84.0 Å². The highest BCUT2D eigenvalue weighted by molar-refractivity contribution is 5.74. The average Bonchev–Trinajstić information content (AvgIpc) is 3.01. The third-order valence-electron chi connectivity index (χ3n) is 5.09. The summed E-state index contributed by atoms with van der Waals surface area (Å²) in [6.07, 6.45) is 15.4. The van der Waals surface area contributed by atoms with Gasteiger partial charge < -0.3 is 10.1 Å². The molecule has 2 rings (SSSR count). The molecule has 1 aromatic carbocycles. The SMILES string of the molecule is CC(CCCCCCCCCCCCO)Cc1nc2ccccc2[nH]1. The van der Waals surface area contributed by atoms with E-state index < -0.39 is 0 Å². The lowest BCUT2D eigenvalue weighted by Crippen LogP contribution is -2.01. The van der Waals surface area contributed by atoms with Gasteiger partial charge >= 0.3 is 0 Å². The van der Waals surface area contributed by atoms with E-state index in [9.17, 15) is 0 Å². The molecule has 1 unspecified atom stereocenters. The van der Waals surface area contributed by atoms with Crippen LogP contribution in [0.25, 0.3) is 11.0 Å². The number of H-pyrrole nitrogens is 1. The van der Waals surface area contributed by atoms with Crippen LogP contribution in [0, 0.1) is 5.92 Å². The van der Waals surface area contributed by atoms with Crippen molar-refractivity contribution in [2.24, 2.45) is 5.92 Å². The molecule has 3 nitrogen and oxygen atoms in total. The molecule has 0 saturated carbocycles. The van der Waals surface area contributed by atoms with Gasteiger partial charge in [-0.2, -0.15) is 0 Å². The first-order valence-electron chi connectivity index (χ1n) is 10.3. The number of unbranched alkanes of at least 4 members (excludes halogenated alkanes) is 9. The number of nitrogens with zero attached hydrogens (tertiary/aromatic N) is 1. The summed E-state index contributed by atoms with van der Waals surface area (Å²) in [5.41, 5.74) is 2.24. The van der Waals surface area contributed by atoms with Gasteiger partial charge in [-0.3, -0.25) is 0 Å². The molecular formula is C22H36N2O. The van der Waals surface area contributed by atoms with Crippen molar-refractivity contribution < 1.29 is 5.11 Å². The van der Waals surface area contributed by atoms with Gasteiger partial charge in [0.25, 0.3) is 0 Å². The molecule has 0 fully saturated rings. The van der Waals surface area contributed by atoms with Gasteiger partial charge in [0.1, 0.15) is 5.82 Å². The van der Waals surface area contributed by atoms with Gasteiger partial charge in [0.15, 0.2) is 0 Å². The van der Waals surface area contributed by atoms with Crippen LogP contribution in [0.2, 0.25) is 0 Å². The molecule has 2 N–H and O–H groups in total. The van der Waals surface area contributed by atoms with E-state index in [1.54, 1.807) is 0 Å². The monoisotopic (exact) mass is 344 g/mol. The second kappa shape index (κ2) is 12.1. The smallest absolute Gasteiger partial charge is 0.107 e. The number of hydrogen-bond acceptors (Lipinski definition) is 2. The van der Waals surface area contributed by atoms with Gasteiger partial charge in [0.05, 0.1) is 11.0 Å². The van der Waals surface area contributed by atoms with Crippen molar-refractivity contribution >= 4 is 11.0 Å². The van der Waals surface area contributed by atoms with Crippen LogP contribution in [0.15, 0.2) is 24.3 Å². The highest BCUT2D eigenvalue weighted by Gasteiger charge is 2.07. The third kappa shape index (κ3) is 8.04. The zero-order chi connectivity index (χ0) is 17.7. The van der Waals surface area contributed by atoms with Crippen molar-refractivity contribution in [3.63, 3.8) is 0 Å². The van der Waals surface area contributed by atoms with Crippen LogP contribution in [0.1, 0.15) is 83.4 Å². The van der Waals surface area contributed by atoms with Crippen molar-refractivity contribution in [1.29, 1.82) is 0 Å². The second-order valence-corrected chi connectivity index (χ2v) is 7.56. The Morgan fingerprint density at radius 1 is 0.880 bits per heavy atom. The van der Waals surface area contributed by atoms with Gasteiger partial charge in [-0.05, 0) is 24.5 Å². The molecule has 1 atom stereocenters. The Bertz CT molecular complexity index is 545. The molecule has 0 aliphatic carbocycles. The summed E-state index contributed by atoms with van der Waals surface area (Å²) in [6.45, 7) is 2.70. The summed E-state index contributed by atoms with van der Waals surface area (Å²) in [6, 6.07) is 8.28. The number of imidazole rings is 1. The molecule has 0 radical (unpaired) electrons. The number of aliphatic hydroxyl groups is 1. The van der Waals surface area contributed by atoms with E-state index in [0.29, 0.717) is 12.5 Å². The quantitative estimate of drug-likeness (QED) is 0.411. The number of fused-ring (bicyclic) bond motifs is 1. The molecule has 140 valence electrons. The summed E-state index contributed by atoms with van der Waals surface area (Å²) < 4.78 is 0. The molecule has 3 heteroatoms. The topological polar surface area (TPSA) is 48.9 Å². The molecule has 25 heavy (non-hydrogen) atoms. The lowest BCUT2D eigenvalue weighted by Gasteiger charge is -2.09. The summed E-state index contributed by atoms with van der Waals surface area (Å²) in [5, 5.41) is 8.74. The molecule has 0 spiro atoms. The van der Waals surface area contributed by atoms with Gasteiger partial charge in [0, 0.05) is 13.0 Å². The number of para-hydroxylation sites is 2. The van der Waals surface area contributed by atoms with Gasteiger partial charge in [0.2, 0.25) is 0 Å². The molecule has 0 bridgehead atoms. The predicted octanol–water partition coefficient (Wildman–Crippen LogP) is 6.02. The van der Waals surface area contributed by atoms with Crippen LogP contribution < -0.4 is 0 Å². The lowest BCUT2D eigenvalue weighted by molar-refractivity contribution is 0.282. The van der Waals surface area contributed by atoms with Crippen LogP contribution in [0.5, 0.6) is 0 Å². The highest BCUT2D eigenvalue weighted by Crippen LogP contribution is 2.18. The molecule has 0 aliphatic heterocycles. The largest absolute Gasteiger partial charge is 0.396 e. The molecule has 2 aromatic rings. The maximum absolute atomic E-state index is 8.74. The standard InChI is InChI=1S/C22H36N2O/c1-19(18-22-23-20-15-11-12-16-21(20)24-22)14-10-8-6-4-2-3-5-7-9-13-17-25/h11-12,15-16,19,25H,2-10,13-14,17-18H2,1H3,(H,23,24). The van der Waals surface area contributed by atoms with E-state index in [1.165, 1.54) is 64.2 Å². The predicted molar refractivity (Wildman–Crippen MR) is 107 cm³/mol. The van der Waals surface area contributed by atoms with E-state index in [-0.39, 0.29) is 0 Å². The fourth-order valence-electron chi connectivity index (χ4n) is 3.55. The van der Waals surface area contributed by atoms with Crippen molar-refractivity contribution in [1.82, 2.24) is 9.97 Å². The van der Waals surface area contributed by atoms with E-state index in [4.69, 9.17) is 5.11 Å². The summed E-state index contributed by atoms with van der Waals surface area (Å²) in [7, 11) is 0. The Balaban J connectivity index is 1.46. The van der Waals surface area contributed by atoms with Crippen LogP contribution in [0.3, 0.4) is 0 Å². The fourth-order valence-corrected chi connectivity index (χ4v) is 3.55. The maximum atomic E-state index is 8.74. The van der Waals surface area contributed by atoms with Crippen molar-refractivity contribution in [3.8, 4) is 0 Å².